The minimum Gasteiger partial charge on any atom is -0.301 e. The maximum absolute atomic E-state index is 13.6. The highest BCUT2D eigenvalue weighted by Crippen LogP contribution is 2.43. The van der Waals surface area contributed by atoms with Crippen molar-refractivity contribution in [1.29, 1.82) is 0 Å². The fourth-order valence-electron chi connectivity index (χ4n) is 4.45. The van der Waals surface area contributed by atoms with Crippen molar-refractivity contribution in [3.05, 3.63) is 71.8 Å². The Hall–Kier alpha value is -1.36. The van der Waals surface area contributed by atoms with E-state index in [4.69, 9.17) is 0 Å². The van der Waals surface area contributed by atoms with Crippen LogP contribution >= 0.6 is 12.4 Å². The number of sulfone groups is 1. The van der Waals surface area contributed by atoms with E-state index in [1.165, 1.54) is 19.3 Å². The van der Waals surface area contributed by atoms with E-state index < -0.39 is 14.6 Å². The van der Waals surface area contributed by atoms with E-state index in [1.54, 1.807) is 6.92 Å². The van der Waals surface area contributed by atoms with Crippen molar-refractivity contribution in [2.45, 2.75) is 50.3 Å². The van der Waals surface area contributed by atoms with E-state index in [-0.39, 0.29) is 24.2 Å². The third-order valence-corrected chi connectivity index (χ3v) is 8.45. The molecule has 1 aliphatic rings. The molecule has 0 aromatic heterocycles. The molecule has 1 heterocycles. The first-order valence-electron chi connectivity index (χ1n) is 10.1. The number of piperidine rings is 1. The molecule has 1 aliphatic heterocycles. The van der Waals surface area contributed by atoms with Crippen molar-refractivity contribution in [3.8, 4) is 0 Å². The number of hydrogen-bond donors (Lipinski definition) is 0. The van der Waals surface area contributed by atoms with Gasteiger partial charge in [-0.05, 0) is 50.4 Å². The predicted octanol–water partition coefficient (Wildman–Crippen LogP) is 5.05. The molecule has 28 heavy (non-hydrogen) atoms. The van der Waals surface area contributed by atoms with E-state index in [0.717, 1.165) is 24.2 Å². The molecule has 0 radical (unpaired) electrons. The van der Waals surface area contributed by atoms with Crippen molar-refractivity contribution in [1.82, 2.24) is 4.90 Å². The monoisotopic (exact) mass is 421 g/mol. The van der Waals surface area contributed by atoms with Crippen LogP contribution in [0.3, 0.4) is 0 Å². The SMILES string of the molecule is CCS(=O)(=O)C(CC(C)N1CCCCC1)(c1ccccc1)c1ccccc1.Cl. The second kappa shape index (κ2) is 9.91. The minimum absolute atomic E-state index is 0. The van der Waals surface area contributed by atoms with Crippen molar-refractivity contribution in [2.24, 2.45) is 0 Å². The van der Waals surface area contributed by atoms with Gasteiger partial charge in [0, 0.05) is 11.8 Å². The van der Waals surface area contributed by atoms with Gasteiger partial charge in [-0.15, -0.1) is 12.4 Å². The highest BCUT2D eigenvalue weighted by atomic mass is 35.5. The van der Waals surface area contributed by atoms with E-state index in [0.29, 0.717) is 6.42 Å². The Bertz CT molecular complexity index is 779. The fourth-order valence-corrected chi connectivity index (χ4v) is 6.43. The summed E-state index contributed by atoms with van der Waals surface area (Å²) < 4.78 is 26.2. The Morgan fingerprint density at radius 2 is 1.36 bits per heavy atom. The number of halogens is 1. The Balaban J connectivity index is 0.00000280. The van der Waals surface area contributed by atoms with Crippen molar-refractivity contribution in [2.75, 3.05) is 18.8 Å². The number of likely N-dealkylation sites (tertiary alicyclic amines) is 1. The van der Waals surface area contributed by atoms with E-state index in [9.17, 15) is 8.42 Å². The Morgan fingerprint density at radius 3 is 1.79 bits per heavy atom. The van der Waals surface area contributed by atoms with Crippen LogP contribution in [0, 0.1) is 0 Å². The lowest BCUT2D eigenvalue weighted by Gasteiger charge is -2.41. The molecule has 2 aromatic carbocycles. The van der Waals surface area contributed by atoms with E-state index >= 15 is 0 Å². The third-order valence-electron chi connectivity index (χ3n) is 5.99. The van der Waals surface area contributed by atoms with Gasteiger partial charge in [0.25, 0.3) is 0 Å². The second-order valence-electron chi connectivity index (χ2n) is 7.61. The summed E-state index contributed by atoms with van der Waals surface area (Å²) in [6, 6.07) is 19.8. The number of hydrogen-bond acceptors (Lipinski definition) is 3. The van der Waals surface area contributed by atoms with E-state index in [2.05, 4.69) is 11.8 Å². The molecule has 1 atom stereocenters. The Morgan fingerprint density at radius 1 is 0.893 bits per heavy atom. The normalized spacial score (nSPS) is 16.9. The topological polar surface area (TPSA) is 37.4 Å². The fraction of sp³-hybridized carbons (Fsp3) is 0.478. The number of benzene rings is 2. The van der Waals surface area contributed by atoms with Gasteiger partial charge in [-0.3, -0.25) is 0 Å². The molecule has 0 N–H and O–H groups in total. The lowest BCUT2D eigenvalue weighted by molar-refractivity contribution is 0.159. The molecule has 0 spiro atoms. The molecule has 154 valence electrons. The zero-order valence-electron chi connectivity index (χ0n) is 16.9. The standard InChI is InChI=1S/C23H31NO2S.ClH/c1-3-27(25,26)23(21-13-7-4-8-14-21,22-15-9-5-10-16-22)19-20(2)24-17-11-6-12-18-24;/h4-5,7-10,13-16,20H,3,6,11-12,17-19H2,1-2H3;1H. The molecule has 1 unspecified atom stereocenters. The molecule has 3 nitrogen and oxygen atoms in total. The van der Waals surface area contributed by atoms with Crippen molar-refractivity contribution in [3.63, 3.8) is 0 Å². The van der Waals surface area contributed by atoms with Gasteiger partial charge in [-0.2, -0.15) is 0 Å². The Labute approximate surface area is 176 Å². The van der Waals surface area contributed by atoms with Crippen LogP contribution in [-0.2, 0) is 14.6 Å². The van der Waals surface area contributed by atoms with Gasteiger partial charge < -0.3 is 4.90 Å². The molecular weight excluding hydrogens is 390 g/mol. The lowest BCUT2D eigenvalue weighted by Crippen LogP contribution is -2.46. The third kappa shape index (κ3) is 4.45. The van der Waals surface area contributed by atoms with Gasteiger partial charge >= 0.3 is 0 Å². The van der Waals surface area contributed by atoms with Crippen LogP contribution in [0.5, 0.6) is 0 Å². The van der Waals surface area contributed by atoms with Crippen LogP contribution in [0.2, 0.25) is 0 Å². The molecule has 2 aromatic rings. The van der Waals surface area contributed by atoms with Crippen LogP contribution in [-0.4, -0.2) is 38.2 Å². The maximum Gasteiger partial charge on any atom is 0.164 e. The van der Waals surface area contributed by atoms with Gasteiger partial charge in [-0.25, -0.2) is 8.42 Å². The summed E-state index contributed by atoms with van der Waals surface area (Å²) >= 11 is 0. The maximum atomic E-state index is 13.6. The summed E-state index contributed by atoms with van der Waals surface area (Å²) in [5, 5.41) is 0. The molecule has 5 heteroatoms. The average molecular weight is 422 g/mol. The lowest BCUT2D eigenvalue weighted by atomic mass is 9.84. The molecule has 1 fully saturated rings. The molecule has 0 aliphatic carbocycles. The largest absolute Gasteiger partial charge is 0.301 e. The zero-order valence-corrected chi connectivity index (χ0v) is 18.5. The highest BCUT2D eigenvalue weighted by molar-refractivity contribution is 7.92. The summed E-state index contributed by atoms with van der Waals surface area (Å²) in [7, 11) is -3.39. The Kier molecular flexibility index (Phi) is 8.11. The van der Waals surface area contributed by atoms with Crippen LogP contribution in [0.4, 0.5) is 0 Å². The first kappa shape index (κ1) is 22.9. The molecule has 0 amide bonds. The highest BCUT2D eigenvalue weighted by Gasteiger charge is 2.47. The molecular formula is C23H32ClNO2S. The van der Waals surface area contributed by atoms with Crippen LogP contribution in [0.15, 0.2) is 60.7 Å². The number of nitrogens with zero attached hydrogens (tertiary/aromatic N) is 1. The van der Waals surface area contributed by atoms with Gasteiger partial charge in [0.2, 0.25) is 0 Å². The van der Waals surface area contributed by atoms with Crippen LogP contribution in [0.1, 0.15) is 50.7 Å². The second-order valence-corrected chi connectivity index (χ2v) is 10.1. The summed E-state index contributed by atoms with van der Waals surface area (Å²) in [5.41, 5.74) is 1.75. The summed E-state index contributed by atoms with van der Waals surface area (Å²) in [6.45, 7) is 6.08. The van der Waals surface area contributed by atoms with Gasteiger partial charge in [-0.1, -0.05) is 74.0 Å². The summed E-state index contributed by atoms with van der Waals surface area (Å²) in [6.07, 6.45) is 4.26. The summed E-state index contributed by atoms with van der Waals surface area (Å²) in [5.74, 6) is 0.128. The average Bonchev–Trinajstić information content (AvgIpc) is 2.73. The van der Waals surface area contributed by atoms with Crippen molar-refractivity contribution < 1.29 is 8.42 Å². The molecule has 1 saturated heterocycles. The first-order valence-corrected chi connectivity index (χ1v) is 11.7. The van der Waals surface area contributed by atoms with E-state index in [1.807, 2.05) is 60.7 Å². The summed E-state index contributed by atoms with van der Waals surface area (Å²) in [4.78, 5) is 2.47. The van der Waals surface area contributed by atoms with Gasteiger partial charge in [0.15, 0.2) is 9.84 Å². The van der Waals surface area contributed by atoms with Crippen LogP contribution in [0.25, 0.3) is 0 Å². The van der Waals surface area contributed by atoms with Gasteiger partial charge in [0.05, 0.1) is 0 Å². The van der Waals surface area contributed by atoms with Crippen LogP contribution < -0.4 is 0 Å². The molecule has 3 rings (SSSR count). The molecule has 0 saturated carbocycles. The van der Waals surface area contributed by atoms with Crippen molar-refractivity contribution >= 4 is 22.2 Å². The first-order chi connectivity index (χ1) is 13.0. The zero-order chi connectivity index (χ0) is 19.3. The molecule has 0 bridgehead atoms. The predicted molar refractivity (Wildman–Crippen MR) is 120 cm³/mol. The smallest absolute Gasteiger partial charge is 0.164 e. The number of rotatable bonds is 7. The minimum atomic E-state index is -3.39. The quantitative estimate of drug-likeness (QED) is 0.627. The van der Waals surface area contributed by atoms with Gasteiger partial charge in [0.1, 0.15) is 4.75 Å².